The highest BCUT2D eigenvalue weighted by Gasteiger charge is 2.47. The van der Waals surface area contributed by atoms with E-state index in [0.717, 1.165) is 63.1 Å². The third kappa shape index (κ3) is 9.36. The first-order valence-corrected chi connectivity index (χ1v) is 19.0. The average molecular weight is 766 g/mol. The van der Waals surface area contributed by atoms with Gasteiger partial charge in [0.05, 0.1) is 32.1 Å². The van der Waals surface area contributed by atoms with E-state index in [2.05, 4.69) is 22.0 Å². The molecule has 2 heterocycles. The molecule has 1 fully saturated rings. The first kappa shape index (κ1) is 40.3. The number of nitrogens with two attached hydrogens (primary N) is 1. The largest absolute Gasteiger partial charge is 0.492 e. The van der Waals surface area contributed by atoms with Gasteiger partial charge in [-0.2, -0.15) is 0 Å². The molecule has 1 aromatic heterocycles. The molecule has 0 saturated carbocycles. The molecule has 2 unspecified atom stereocenters. The number of nitrogens with zero attached hydrogens (tertiary/aromatic N) is 3. The summed E-state index contributed by atoms with van der Waals surface area (Å²) in [6, 6.07) is 19.9. The molecule has 13 heteroatoms. The molecule has 1 aliphatic heterocycles. The fourth-order valence-corrected chi connectivity index (χ4v) is 7.34. The van der Waals surface area contributed by atoms with Crippen molar-refractivity contribution in [1.82, 2.24) is 14.8 Å². The summed E-state index contributed by atoms with van der Waals surface area (Å²) in [7, 11) is 2.01. The number of ether oxygens (including phenoxy) is 3. The summed E-state index contributed by atoms with van der Waals surface area (Å²) in [5.74, 6) is -0.506. The van der Waals surface area contributed by atoms with E-state index < -0.39 is 12.0 Å². The zero-order valence-electron chi connectivity index (χ0n) is 32.5. The van der Waals surface area contributed by atoms with Gasteiger partial charge in [0.15, 0.2) is 5.78 Å². The zero-order valence-corrected chi connectivity index (χ0v) is 32.5. The molecule has 13 nitrogen and oxygen atoms in total. The number of rotatable bonds is 19. The average Bonchev–Trinajstić information content (AvgIpc) is 3.76. The van der Waals surface area contributed by atoms with E-state index in [4.69, 9.17) is 29.9 Å². The van der Waals surface area contributed by atoms with E-state index in [0.29, 0.717) is 64.1 Å². The number of amides is 1. The number of fused-ring (bicyclic) bond motifs is 4. The lowest BCUT2D eigenvalue weighted by atomic mass is 9.71. The fraction of sp³-hybridized carbons (Fsp3) is 0.395. The Balaban J connectivity index is 0.853. The summed E-state index contributed by atoms with van der Waals surface area (Å²) in [6.45, 7) is 10.6. The van der Waals surface area contributed by atoms with Crippen LogP contribution >= 0.6 is 0 Å². The van der Waals surface area contributed by atoms with Crippen molar-refractivity contribution in [3.05, 3.63) is 112 Å². The van der Waals surface area contributed by atoms with Crippen molar-refractivity contribution in [1.29, 1.82) is 0 Å². The molecule has 4 aromatic rings. The number of likely N-dealkylation sites (tertiary alicyclic amines) is 1. The van der Waals surface area contributed by atoms with Crippen molar-refractivity contribution >= 4 is 34.3 Å². The molecule has 56 heavy (non-hydrogen) atoms. The lowest BCUT2D eigenvalue weighted by Crippen LogP contribution is -2.35. The molecule has 4 N–H and O–H groups in total. The van der Waals surface area contributed by atoms with Gasteiger partial charge in [-0.3, -0.25) is 14.4 Å². The minimum Gasteiger partial charge on any atom is -0.492 e. The number of nitrogens with one attached hydrogen (secondary N) is 1. The molecule has 296 valence electrons. The Morgan fingerprint density at radius 1 is 1.00 bits per heavy atom. The number of aryl methyl sites for hydroxylation is 1. The summed E-state index contributed by atoms with van der Waals surface area (Å²) in [4.78, 5) is 50.4. The van der Waals surface area contributed by atoms with Gasteiger partial charge in [-0.25, -0.2) is 0 Å². The van der Waals surface area contributed by atoms with Crippen LogP contribution in [-0.2, 0) is 30.9 Å². The molecule has 2 atom stereocenters. The van der Waals surface area contributed by atoms with Gasteiger partial charge in [0.1, 0.15) is 30.7 Å². The second-order valence-corrected chi connectivity index (χ2v) is 14.6. The highest BCUT2D eigenvalue weighted by Crippen LogP contribution is 2.48. The second kappa shape index (κ2) is 18.1. The summed E-state index contributed by atoms with van der Waals surface area (Å²) in [6.07, 6.45) is 2.67. The molecule has 0 spiro atoms. The second-order valence-electron chi connectivity index (χ2n) is 14.6. The van der Waals surface area contributed by atoms with Crippen LogP contribution in [0, 0.1) is 6.92 Å². The van der Waals surface area contributed by atoms with Crippen LogP contribution in [0.5, 0.6) is 5.75 Å². The van der Waals surface area contributed by atoms with Crippen LogP contribution < -0.4 is 10.5 Å². The van der Waals surface area contributed by atoms with Crippen LogP contribution in [0.15, 0.2) is 83.7 Å². The molecule has 1 saturated heterocycles. The first-order valence-electron chi connectivity index (χ1n) is 19.0. The molecule has 0 radical (unpaired) electrons. The maximum Gasteiger partial charge on any atom is 0.320 e. The maximum absolute atomic E-state index is 13.8. The Hall–Kier alpha value is -5.34. The Bertz CT molecular complexity index is 2110. The molecular weight excluding hydrogens is 714 g/mol. The fourth-order valence-electron chi connectivity index (χ4n) is 7.34. The molecule has 1 aliphatic carbocycles. The van der Waals surface area contributed by atoms with E-state index in [1.54, 1.807) is 11.0 Å². The van der Waals surface area contributed by atoms with E-state index >= 15 is 0 Å². The smallest absolute Gasteiger partial charge is 0.320 e. The van der Waals surface area contributed by atoms with Gasteiger partial charge in [-0.15, -0.1) is 0 Å². The minimum atomic E-state index is -1.03. The standard InChI is InChI=1S/C43H51N5O8/c1-28-6-5-7-34-38(49)27-39-43(3,40(28)34)14-15-48(39)41(50)37-26-32-25-33(12-13-36(32)45-37)55-19-17-47(4)16-18-53-20-21-54-22-23-56-46-29(2)31-10-8-30(9-11-31)24-35(44)42(51)52/h5-13,25-27,35,45H,14-24,44H2,1-4H3,(H,51,52)/b46-29+. The SMILES string of the molecule is C/C(=N\OCCOCCOCCN(C)CCOc1ccc2[nH]c(C(=O)N3CCC4(C)C3=CC(=O)c3cccc(C)c34)cc2c1)c1ccc(CC(N)C(=O)O)cc1. The first-order chi connectivity index (χ1) is 26.9. The van der Waals surface area contributed by atoms with Gasteiger partial charge >= 0.3 is 5.97 Å². The Morgan fingerprint density at radius 3 is 2.50 bits per heavy atom. The molecule has 6 rings (SSSR count). The number of carboxylic acids is 1. The number of carbonyl (C=O) groups is 3. The van der Waals surface area contributed by atoms with Crippen molar-refractivity contribution in [2.75, 3.05) is 66.3 Å². The van der Waals surface area contributed by atoms with Crippen molar-refractivity contribution in [3.63, 3.8) is 0 Å². The van der Waals surface area contributed by atoms with E-state index in [1.165, 1.54) is 0 Å². The summed E-state index contributed by atoms with van der Waals surface area (Å²) >= 11 is 0. The number of aromatic amines is 1. The number of carbonyl (C=O) groups excluding carboxylic acids is 2. The van der Waals surface area contributed by atoms with Gasteiger partial charge in [-0.1, -0.05) is 47.6 Å². The lowest BCUT2D eigenvalue weighted by molar-refractivity contribution is -0.138. The topological polar surface area (TPSA) is 169 Å². The molecule has 3 aromatic carbocycles. The number of benzene rings is 3. The van der Waals surface area contributed by atoms with E-state index in [-0.39, 0.29) is 23.5 Å². The van der Waals surface area contributed by atoms with Crippen molar-refractivity contribution in [2.24, 2.45) is 10.9 Å². The summed E-state index contributed by atoms with van der Waals surface area (Å²) in [5.41, 5.74) is 12.5. The molecule has 1 amide bonds. The van der Waals surface area contributed by atoms with Crippen molar-refractivity contribution in [3.8, 4) is 5.75 Å². The third-order valence-electron chi connectivity index (χ3n) is 10.5. The van der Waals surface area contributed by atoms with Gasteiger partial charge in [-0.05, 0) is 87.2 Å². The number of aromatic nitrogens is 1. The number of allylic oxidation sites excluding steroid dienone is 2. The maximum atomic E-state index is 13.8. The number of ketones is 1. The Kier molecular flexibility index (Phi) is 13.0. The van der Waals surface area contributed by atoms with Gasteiger partial charge in [0.25, 0.3) is 5.91 Å². The predicted octanol–water partition coefficient (Wildman–Crippen LogP) is 5.10. The normalized spacial score (nSPS) is 17.2. The lowest BCUT2D eigenvalue weighted by Gasteiger charge is -2.34. The molecular formula is C43H51N5O8. The van der Waals surface area contributed by atoms with Crippen molar-refractivity contribution < 1.29 is 38.5 Å². The van der Waals surface area contributed by atoms with E-state index in [9.17, 15) is 14.4 Å². The van der Waals surface area contributed by atoms with Crippen LogP contribution in [0.1, 0.15) is 63.4 Å². The monoisotopic (exact) mass is 765 g/mol. The number of oxime groups is 1. The highest BCUT2D eigenvalue weighted by molar-refractivity contribution is 6.09. The van der Waals surface area contributed by atoms with Crippen LogP contribution in [-0.4, -0.2) is 116 Å². The van der Waals surface area contributed by atoms with Crippen LogP contribution in [0.4, 0.5) is 0 Å². The van der Waals surface area contributed by atoms with Crippen LogP contribution in [0.2, 0.25) is 0 Å². The van der Waals surface area contributed by atoms with E-state index in [1.807, 2.05) is 87.6 Å². The number of likely N-dealkylation sites (N-methyl/N-ethyl adjacent to an activating group) is 1. The van der Waals surface area contributed by atoms with Crippen molar-refractivity contribution in [2.45, 2.75) is 45.1 Å². The number of aliphatic carboxylic acids is 1. The van der Waals surface area contributed by atoms with Gasteiger partial charge in [0.2, 0.25) is 0 Å². The minimum absolute atomic E-state index is 0.0555. The summed E-state index contributed by atoms with van der Waals surface area (Å²) in [5, 5.41) is 14.0. The number of hydrogen-bond acceptors (Lipinski definition) is 10. The molecule has 0 bridgehead atoms. The highest BCUT2D eigenvalue weighted by atomic mass is 16.6. The Labute approximate surface area is 327 Å². The number of H-pyrrole nitrogens is 1. The third-order valence-corrected chi connectivity index (χ3v) is 10.5. The Morgan fingerprint density at radius 2 is 1.73 bits per heavy atom. The summed E-state index contributed by atoms with van der Waals surface area (Å²) < 4.78 is 17.3. The van der Waals surface area contributed by atoms with Gasteiger partial charge < -0.3 is 44.7 Å². The predicted molar refractivity (Wildman–Crippen MR) is 213 cm³/mol. The number of hydrogen-bond donors (Lipinski definition) is 3. The quantitative estimate of drug-likeness (QED) is 0.0664. The van der Waals surface area contributed by atoms with Gasteiger partial charge in [0, 0.05) is 53.3 Å². The van der Waals surface area contributed by atoms with Crippen LogP contribution in [0.3, 0.4) is 0 Å². The number of carboxylic acid groups (broad SMARTS) is 1. The molecule has 2 aliphatic rings. The zero-order chi connectivity index (χ0) is 39.8. The van der Waals surface area contributed by atoms with Crippen LogP contribution in [0.25, 0.3) is 10.9 Å².